The van der Waals surface area contributed by atoms with Gasteiger partial charge in [-0.3, -0.25) is 9.59 Å². The first kappa shape index (κ1) is 21.2. The van der Waals surface area contributed by atoms with Crippen molar-refractivity contribution in [2.45, 2.75) is 6.92 Å². The number of fused-ring (bicyclic) bond motifs is 2. The highest BCUT2D eigenvalue weighted by atomic mass is 16.5. The maximum absolute atomic E-state index is 13.2. The summed E-state index contributed by atoms with van der Waals surface area (Å²) in [7, 11) is 0. The minimum atomic E-state index is -0.676. The average Bonchev–Trinajstić information content (AvgIpc) is 2.78. The van der Waals surface area contributed by atoms with Crippen LogP contribution in [0.4, 0.5) is 11.4 Å². The van der Waals surface area contributed by atoms with Gasteiger partial charge in [0.2, 0.25) is 11.6 Å². The molecule has 3 aromatic rings. The van der Waals surface area contributed by atoms with Crippen LogP contribution in [-0.4, -0.2) is 41.6 Å². The number of hydrogen-bond donors (Lipinski definition) is 4. The van der Waals surface area contributed by atoms with Crippen molar-refractivity contribution in [3.05, 3.63) is 64.7 Å². The first-order chi connectivity index (χ1) is 15.3. The van der Waals surface area contributed by atoms with E-state index in [0.29, 0.717) is 36.7 Å². The van der Waals surface area contributed by atoms with Gasteiger partial charge in [-0.05, 0) is 42.8 Å². The second-order valence-corrected chi connectivity index (χ2v) is 7.26. The third-order valence-corrected chi connectivity index (χ3v) is 5.34. The lowest BCUT2D eigenvalue weighted by Gasteiger charge is -2.23. The van der Waals surface area contributed by atoms with Gasteiger partial charge >= 0.3 is 0 Å². The van der Waals surface area contributed by atoms with Crippen molar-refractivity contribution in [1.82, 2.24) is 0 Å². The van der Waals surface area contributed by atoms with E-state index in [1.165, 1.54) is 18.2 Å². The third-order valence-electron chi connectivity index (χ3n) is 5.34. The molecule has 3 aromatic carbocycles. The normalized spacial score (nSPS) is 12.4. The molecule has 164 valence electrons. The molecule has 6 N–H and O–H groups in total. The fourth-order valence-corrected chi connectivity index (χ4v) is 3.81. The highest BCUT2D eigenvalue weighted by Gasteiger charge is 2.38. The zero-order valence-corrected chi connectivity index (χ0v) is 17.3. The number of phenolic OH excluding ortho intramolecular Hbond substituents is 2. The highest BCUT2D eigenvalue weighted by Crippen LogP contribution is 2.44. The maximum Gasteiger partial charge on any atom is 0.200 e. The van der Waals surface area contributed by atoms with E-state index in [0.717, 1.165) is 0 Å². The summed E-state index contributed by atoms with van der Waals surface area (Å²) in [5, 5.41) is 20.9. The number of benzene rings is 3. The van der Waals surface area contributed by atoms with E-state index in [1.54, 1.807) is 24.3 Å². The number of ether oxygens (including phenoxy) is 2. The minimum Gasteiger partial charge on any atom is -0.507 e. The Morgan fingerprint density at radius 3 is 2.16 bits per heavy atom. The smallest absolute Gasteiger partial charge is 0.200 e. The lowest BCUT2D eigenvalue weighted by atomic mass is 9.80. The van der Waals surface area contributed by atoms with Gasteiger partial charge in [0.15, 0.2) is 0 Å². The molecule has 0 aliphatic heterocycles. The summed E-state index contributed by atoms with van der Waals surface area (Å²) < 4.78 is 10.8. The largest absolute Gasteiger partial charge is 0.507 e. The number of anilines is 2. The van der Waals surface area contributed by atoms with Gasteiger partial charge in [-0.25, -0.2) is 0 Å². The van der Waals surface area contributed by atoms with Crippen molar-refractivity contribution in [3.8, 4) is 28.4 Å². The van der Waals surface area contributed by atoms with Gasteiger partial charge in [0.05, 0.1) is 34.5 Å². The summed E-state index contributed by atoms with van der Waals surface area (Å²) in [5.41, 5.74) is 12.5. The Hall–Kier alpha value is -4.04. The van der Waals surface area contributed by atoms with Gasteiger partial charge < -0.3 is 31.2 Å². The zero-order chi connectivity index (χ0) is 23.0. The van der Waals surface area contributed by atoms with Crippen molar-refractivity contribution in [2.75, 3.05) is 31.3 Å². The van der Waals surface area contributed by atoms with Crippen LogP contribution in [0, 0.1) is 0 Å². The molecule has 0 bridgehead atoms. The Kier molecular flexibility index (Phi) is 5.46. The second kappa shape index (κ2) is 8.24. The Balaban J connectivity index is 1.76. The molecule has 0 fully saturated rings. The van der Waals surface area contributed by atoms with Crippen molar-refractivity contribution in [3.63, 3.8) is 0 Å². The number of carbonyl (C=O) groups excluding carboxylic acids is 2. The molecule has 4 rings (SSSR count). The predicted octanol–water partition coefficient (Wildman–Crippen LogP) is 3.12. The summed E-state index contributed by atoms with van der Waals surface area (Å²) in [5.74, 6) is -1.50. The number of rotatable bonds is 6. The van der Waals surface area contributed by atoms with Crippen LogP contribution in [0.25, 0.3) is 11.1 Å². The fraction of sp³-hybridized carbons (Fsp3) is 0.167. The van der Waals surface area contributed by atoms with Crippen LogP contribution >= 0.6 is 0 Å². The number of phenols is 2. The van der Waals surface area contributed by atoms with E-state index in [1.807, 2.05) is 6.92 Å². The molecule has 0 saturated carbocycles. The molecule has 0 radical (unpaired) electrons. The Bertz CT molecular complexity index is 1230. The van der Waals surface area contributed by atoms with Crippen LogP contribution in [0.1, 0.15) is 38.8 Å². The fourth-order valence-electron chi connectivity index (χ4n) is 3.81. The highest BCUT2D eigenvalue weighted by molar-refractivity contribution is 6.33. The molecular weight excluding hydrogens is 412 g/mol. The summed E-state index contributed by atoms with van der Waals surface area (Å²) >= 11 is 0. The number of nitrogen functional groups attached to an aromatic ring is 2. The summed E-state index contributed by atoms with van der Waals surface area (Å²) in [6.07, 6.45) is 0. The van der Waals surface area contributed by atoms with E-state index in [-0.39, 0.29) is 39.4 Å². The lowest BCUT2D eigenvalue weighted by molar-refractivity contribution is 0.0975. The topological polar surface area (TPSA) is 145 Å². The Morgan fingerprint density at radius 2 is 1.47 bits per heavy atom. The molecule has 0 aromatic heterocycles. The Labute approximate surface area is 184 Å². The summed E-state index contributed by atoms with van der Waals surface area (Å²) in [6.45, 7) is 3.39. The van der Waals surface area contributed by atoms with Gasteiger partial charge in [-0.2, -0.15) is 0 Å². The van der Waals surface area contributed by atoms with E-state index >= 15 is 0 Å². The first-order valence-corrected chi connectivity index (χ1v) is 10.0. The quantitative estimate of drug-likeness (QED) is 0.206. The van der Waals surface area contributed by atoms with Gasteiger partial charge in [0.1, 0.15) is 23.9 Å². The molecule has 8 nitrogen and oxygen atoms in total. The molecule has 1 aliphatic carbocycles. The van der Waals surface area contributed by atoms with E-state index in [9.17, 15) is 19.8 Å². The van der Waals surface area contributed by atoms with Gasteiger partial charge in [-0.15, -0.1) is 0 Å². The maximum atomic E-state index is 13.2. The van der Waals surface area contributed by atoms with Crippen molar-refractivity contribution >= 4 is 22.9 Å². The van der Waals surface area contributed by atoms with Crippen LogP contribution in [-0.2, 0) is 4.74 Å². The van der Waals surface area contributed by atoms with Crippen LogP contribution < -0.4 is 16.2 Å². The molecule has 0 heterocycles. The molecule has 0 unspecified atom stereocenters. The molecule has 0 spiro atoms. The number of aromatic hydroxyl groups is 2. The van der Waals surface area contributed by atoms with Crippen LogP contribution in [0.5, 0.6) is 17.2 Å². The average molecular weight is 434 g/mol. The molecule has 0 atom stereocenters. The SMILES string of the molecule is CCOCCOc1ccc(-c2cc(O)c3c(c2N)C(=O)c2c(O)ccc(N)c2C3=O)cc1. The zero-order valence-electron chi connectivity index (χ0n) is 17.3. The third kappa shape index (κ3) is 3.40. The lowest BCUT2D eigenvalue weighted by Crippen LogP contribution is -2.24. The number of nitrogens with two attached hydrogens (primary N) is 2. The number of ketones is 2. The van der Waals surface area contributed by atoms with Crippen LogP contribution in [0.3, 0.4) is 0 Å². The first-order valence-electron chi connectivity index (χ1n) is 10.0. The van der Waals surface area contributed by atoms with Gasteiger partial charge in [0.25, 0.3) is 0 Å². The van der Waals surface area contributed by atoms with Crippen LogP contribution in [0.15, 0.2) is 42.5 Å². The number of carbonyl (C=O) groups is 2. The van der Waals surface area contributed by atoms with Gasteiger partial charge in [-0.1, -0.05) is 12.1 Å². The van der Waals surface area contributed by atoms with Crippen LogP contribution in [0.2, 0.25) is 0 Å². The standard InChI is InChI=1S/C24H22N2O6/c1-2-31-9-10-32-13-5-3-12(4-6-13)14-11-17(28)20-21(22(14)26)24(30)19-16(27)8-7-15(25)18(19)23(20)29/h3-8,11,27-28H,2,9-10,25-26H2,1H3. The number of hydrogen-bond acceptors (Lipinski definition) is 8. The molecule has 32 heavy (non-hydrogen) atoms. The predicted molar refractivity (Wildman–Crippen MR) is 119 cm³/mol. The molecule has 0 saturated heterocycles. The molecule has 0 amide bonds. The van der Waals surface area contributed by atoms with Crippen molar-refractivity contribution < 1.29 is 29.3 Å². The summed E-state index contributed by atoms with van der Waals surface area (Å²) in [6, 6.07) is 10.8. The van der Waals surface area contributed by atoms with E-state index in [4.69, 9.17) is 20.9 Å². The summed E-state index contributed by atoms with van der Waals surface area (Å²) in [4.78, 5) is 26.3. The molecular formula is C24H22N2O6. The molecule has 8 heteroatoms. The van der Waals surface area contributed by atoms with E-state index in [2.05, 4.69) is 0 Å². The minimum absolute atomic E-state index is 0.0219. The van der Waals surface area contributed by atoms with E-state index < -0.39 is 17.3 Å². The monoisotopic (exact) mass is 434 g/mol. The molecule has 1 aliphatic rings. The Morgan fingerprint density at radius 1 is 0.812 bits per heavy atom. The second-order valence-electron chi connectivity index (χ2n) is 7.26. The van der Waals surface area contributed by atoms with Crippen molar-refractivity contribution in [1.29, 1.82) is 0 Å². The van der Waals surface area contributed by atoms with Gasteiger partial charge in [0, 0.05) is 17.9 Å². The van der Waals surface area contributed by atoms with Crippen molar-refractivity contribution in [2.24, 2.45) is 0 Å².